The SMILES string of the molecule is Cc1ccc2c(c1)NC(C)(C1CCC(N)C1)N2. The van der Waals surface area contributed by atoms with Crippen LogP contribution in [0.5, 0.6) is 0 Å². The molecule has 0 amide bonds. The molecule has 0 saturated heterocycles. The largest absolute Gasteiger partial charge is 0.361 e. The quantitative estimate of drug-likeness (QED) is 0.696. The molecule has 4 N–H and O–H groups in total. The molecule has 17 heavy (non-hydrogen) atoms. The maximum Gasteiger partial charge on any atom is 0.108 e. The van der Waals surface area contributed by atoms with Crippen molar-refractivity contribution in [3.8, 4) is 0 Å². The first kappa shape index (κ1) is 10.9. The number of benzene rings is 1. The van der Waals surface area contributed by atoms with Gasteiger partial charge in [-0.3, -0.25) is 0 Å². The molecule has 1 fully saturated rings. The highest BCUT2D eigenvalue weighted by Crippen LogP contribution is 2.43. The zero-order valence-electron chi connectivity index (χ0n) is 10.6. The Kier molecular flexibility index (Phi) is 2.33. The molecule has 3 rings (SSSR count). The molecule has 1 aliphatic carbocycles. The lowest BCUT2D eigenvalue weighted by Gasteiger charge is -2.33. The van der Waals surface area contributed by atoms with Gasteiger partial charge in [0, 0.05) is 12.0 Å². The van der Waals surface area contributed by atoms with E-state index in [0.717, 1.165) is 12.8 Å². The van der Waals surface area contributed by atoms with Crippen LogP contribution in [0.25, 0.3) is 0 Å². The average Bonchev–Trinajstić information content (AvgIpc) is 2.82. The minimum absolute atomic E-state index is 0.0236. The normalized spacial score (nSPS) is 35.2. The third kappa shape index (κ3) is 1.78. The average molecular weight is 231 g/mol. The lowest BCUT2D eigenvalue weighted by atomic mass is 9.93. The van der Waals surface area contributed by atoms with Crippen LogP contribution in [0.2, 0.25) is 0 Å². The highest BCUT2D eigenvalue weighted by atomic mass is 15.3. The second kappa shape index (κ2) is 3.64. The Hall–Kier alpha value is -1.22. The Balaban J connectivity index is 1.84. The summed E-state index contributed by atoms with van der Waals surface area (Å²) in [5.74, 6) is 0.616. The van der Waals surface area contributed by atoms with Crippen LogP contribution in [0.3, 0.4) is 0 Å². The molecule has 3 heteroatoms. The first-order chi connectivity index (χ1) is 8.07. The van der Waals surface area contributed by atoms with Crippen LogP contribution in [0.1, 0.15) is 31.7 Å². The van der Waals surface area contributed by atoms with Gasteiger partial charge in [0.25, 0.3) is 0 Å². The summed E-state index contributed by atoms with van der Waals surface area (Å²) in [6.45, 7) is 4.38. The zero-order valence-corrected chi connectivity index (χ0v) is 10.6. The van der Waals surface area contributed by atoms with Crippen LogP contribution in [0, 0.1) is 12.8 Å². The molecule has 0 aromatic heterocycles. The van der Waals surface area contributed by atoms with Crippen LogP contribution >= 0.6 is 0 Å². The maximum absolute atomic E-state index is 6.03. The van der Waals surface area contributed by atoms with Crippen LogP contribution in [0.15, 0.2) is 18.2 Å². The fourth-order valence-corrected chi connectivity index (χ4v) is 3.21. The van der Waals surface area contributed by atoms with Crippen LogP contribution in [-0.2, 0) is 0 Å². The van der Waals surface area contributed by atoms with E-state index in [0.29, 0.717) is 12.0 Å². The molecule has 1 heterocycles. The summed E-state index contributed by atoms with van der Waals surface area (Å²) in [6.07, 6.45) is 3.48. The van der Waals surface area contributed by atoms with Crippen molar-refractivity contribution in [3.05, 3.63) is 23.8 Å². The monoisotopic (exact) mass is 231 g/mol. The number of fused-ring (bicyclic) bond motifs is 1. The molecular formula is C14H21N3. The van der Waals surface area contributed by atoms with Gasteiger partial charge in [0.1, 0.15) is 5.66 Å². The van der Waals surface area contributed by atoms with Crippen molar-refractivity contribution in [2.75, 3.05) is 10.6 Å². The molecule has 2 aliphatic rings. The van der Waals surface area contributed by atoms with Gasteiger partial charge in [0.05, 0.1) is 11.4 Å². The Morgan fingerprint density at radius 3 is 2.71 bits per heavy atom. The molecule has 3 nitrogen and oxygen atoms in total. The van der Waals surface area contributed by atoms with Gasteiger partial charge in [-0.15, -0.1) is 0 Å². The zero-order chi connectivity index (χ0) is 12.0. The second-order valence-corrected chi connectivity index (χ2v) is 5.77. The van der Waals surface area contributed by atoms with Gasteiger partial charge in [0.2, 0.25) is 0 Å². The molecule has 1 aromatic rings. The van der Waals surface area contributed by atoms with Crippen molar-refractivity contribution in [1.29, 1.82) is 0 Å². The second-order valence-electron chi connectivity index (χ2n) is 5.77. The first-order valence-corrected chi connectivity index (χ1v) is 6.49. The molecule has 92 valence electrons. The van der Waals surface area contributed by atoms with E-state index >= 15 is 0 Å². The Labute approximate surface area is 103 Å². The van der Waals surface area contributed by atoms with Gasteiger partial charge < -0.3 is 16.4 Å². The predicted molar refractivity (Wildman–Crippen MR) is 72.1 cm³/mol. The topological polar surface area (TPSA) is 50.1 Å². The fraction of sp³-hybridized carbons (Fsp3) is 0.571. The highest BCUT2D eigenvalue weighted by molar-refractivity contribution is 5.76. The summed E-state index contributed by atoms with van der Waals surface area (Å²) in [5, 5.41) is 7.28. The van der Waals surface area contributed by atoms with E-state index in [-0.39, 0.29) is 5.66 Å². The fourth-order valence-electron chi connectivity index (χ4n) is 3.21. The van der Waals surface area contributed by atoms with Crippen molar-refractivity contribution in [1.82, 2.24) is 0 Å². The molecular weight excluding hydrogens is 210 g/mol. The van der Waals surface area contributed by atoms with E-state index in [1.54, 1.807) is 0 Å². The van der Waals surface area contributed by atoms with Crippen molar-refractivity contribution in [2.45, 2.75) is 44.8 Å². The van der Waals surface area contributed by atoms with Gasteiger partial charge in [-0.05, 0) is 50.8 Å². The van der Waals surface area contributed by atoms with Crippen LogP contribution in [0.4, 0.5) is 11.4 Å². The molecule has 0 radical (unpaired) electrons. The number of hydrogen-bond donors (Lipinski definition) is 3. The van der Waals surface area contributed by atoms with E-state index in [2.05, 4.69) is 42.7 Å². The predicted octanol–water partition coefficient (Wildman–Crippen LogP) is 2.68. The lowest BCUT2D eigenvalue weighted by Crippen LogP contribution is -2.45. The Morgan fingerprint density at radius 1 is 1.24 bits per heavy atom. The molecule has 0 spiro atoms. The number of hydrogen-bond acceptors (Lipinski definition) is 3. The van der Waals surface area contributed by atoms with Crippen LogP contribution in [-0.4, -0.2) is 11.7 Å². The van der Waals surface area contributed by atoms with E-state index in [4.69, 9.17) is 5.73 Å². The Bertz CT molecular complexity index is 443. The Morgan fingerprint density at radius 2 is 2.00 bits per heavy atom. The molecule has 0 bridgehead atoms. The van der Waals surface area contributed by atoms with Gasteiger partial charge in [0.15, 0.2) is 0 Å². The summed E-state index contributed by atoms with van der Waals surface area (Å²) >= 11 is 0. The van der Waals surface area contributed by atoms with E-state index < -0.39 is 0 Å². The van der Waals surface area contributed by atoms with Crippen molar-refractivity contribution in [2.24, 2.45) is 11.7 Å². The standard InChI is InChI=1S/C14H21N3/c1-9-3-6-12-13(7-9)17-14(2,16-12)10-4-5-11(15)8-10/h3,6-7,10-11,16-17H,4-5,8,15H2,1-2H3. The minimum atomic E-state index is -0.0236. The van der Waals surface area contributed by atoms with Crippen molar-refractivity contribution in [3.63, 3.8) is 0 Å². The summed E-state index contributed by atoms with van der Waals surface area (Å²) in [7, 11) is 0. The summed E-state index contributed by atoms with van der Waals surface area (Å²) in [6, 6.07) is 6.91. The number of anilines is 2. The molecule has 1 aromatic carbocycles. The van der Waals surface area contributed by atoms with E-state index in [1.165, 1.54) is 23.4 Å². The van der Waals surface area contributed by atoms with Crippen molar-refractivity contribution >= 4 is 11.4 Å². The lowest BCUT2D eigenvalue weighted by molar-refractivity contribution is 0.372. The van der Waals surface area contributed by atoms with Crippen molar-refractivity contribution < 1.29 is 0 Å². The number of aryl methyl sites for hydroxylation is 1. The number of rotatable bonds is 1. The molecule has 1 saturated carbocycles. The maximum atomic E-state index is 6.03. The summed E-state index contributed by atoms with van der Waals surface area (Å²) in [5.41, 5.74) is 9.75. The van der Waals surface area contributed by atoms with Gasteiger partial charge in [-0.1, -0.05) is 6.07 Å². The highest BCUT2D eigenvalue weighted by Gasteiger charge is 2.42. The first-order valence-electron chi connectivity index (χ1n) is 6.49. The summed E-state index contributed by atoms with van der Waals surface area (Å²) < 4.78 is 0. The van der Waals surface area contributed by atoms with E-state index in [1.807, 2.05) is 0 Å². The minimum Gasteiger partial charge on any atom is -0.361 e. The smallest absolute Gasteiger partial charge is 0.108 e. The van der Waals surface area contributed by atoms with Gasteiger partial charge in [-0.25, -0.2) is 0 Å². The van der Waals surface area contributed by atoms with E-state index in [9.17, 15) is 0 Å². The van der Waals surface area contributed by atoms with Gasteiger partial charge in [-0.2, -0.15) is 0 Å². The molecule has 3 unspecified atom stereocenters. The third-order valence-corrected chi connectivity index (χ3v) is 4.25. The number of nitrogens with one attached hydrogen (secondary N) is 2. The summed E-state index contributed by atoms with van der Waals surface area (Å²) in [4.78, 5) is 0. The number of nitrogens with two attached hydrogens (primary N) is 1. The molecule has 1 aliphatic heterocycles. The molecule has 3 atom stereocenters. The van der Waals surface area contributed by atoms with Crippen LogP contribution < -0.4 is 16.4 Å². The third-order valence-electron chi connectivity index (χ3n) is 4.25. The van der Waals surface area contributed by atoms with Gasteiger partial charge >= 0.3 is 0 Å².